The van der Waals surface area contributed by atoms with Crippen LogP contribution in [-0.4, -0.2) is 27.9 Å². The molecule has 0 fully saturated rings. The van der Waals surface area contributed by atoms with Crippen LogP contribution in [-0.2, 0) is 6.42 Å². The Morgan fingerprint density at radius 2 is 1.76 bits per heavy atom. The number of unbranched alkanes of at least 4 members (excludes halogenated alkanes) is 6. The molecule has 0 bridgehead atoms. The minimum Gasteiger partial charge on any atom is -0.317 e. The Morgan fingerprint density at radius 3 is 2.38 bits per heavy atom. The van der Waals surface area contributed by atoms with Gasteiger partial charge >= 0.3 is 0 Å². The molecule has 4 heteroatoms. The summed E-state index contributed by atoms with van der Waals surface area (Å²) in [4.78, 5) is 4.42. The maximum atomic E-state index is 4.42. The van der Waals surface area contributed by atoms with Gasteiger partial charge in [-0.1, -0.05) is 51.9 Å². The second kappa shape index (κ2) is 10.8. The Labute approximate surface area is 130 Å². The topological polar surface area (TPSA) is 42.7 Å². The zero-order chi connectivity index (χ0) is 15.5. The van der Waals surface area contributed by atoms with Gasteiger partial charge in [0.1, 0.15) is 12.2 Å². The predicted octanol–water partition coefficient (Wildman–Crippen LogP) is 4.13. The Kier molecular flexibility index (Phi) is 9.31. The Bertz CT molecular complexity index is 359. The number of rotatable bonds is 12. The van der Waals surface area contributed by atoms with Crippen molar-refractivity contribution in [2.45, 2.75) is 90.6 Å². The summed E-state index contributed by atoms with van der Waals surface area (Å²) in [6, 6.07) is 0.904. The smallest absolute Gasteiger partial charge is 0.138 e. The zero-order valence-corrected chi connectivity index (χ0v) is 14.4. The summed E-state index contributed by atoms with van der Waals surface area (Å²) in [5.74, 6) is 1.10. The molecule has 4 nitrogen and oxygen atoms in total. The molecule has 1 heterocycles. The van der Waals surface area contributed by atoms with Gasteiger partial charge in [0.25, 0.3) is 0 Å². The summed E-state index contributed by atoms with van der Waals surface area (Å²) < 4.78 is 2.04. The molecule has 0 aromatic carbocycles. The molecular weight excluding hydrogens is 260 g/mol. The molecule has 122 valence electrons. The molecule has 1 N–H and O–H groups in total. The number of aromatic nitrogens is 3. The van der Waals surface area contributed by atoms with E-state index < -0.39 is 0 Å². The SMILES string of the molecule is CCCCCCCCCC(Cc1ncnn1C(C)C)NC. The molecule has 0 aliphatic carbocycles. The van der Waals surface area contributed by atoms with E-state index >= 15 is 0 Å². The molecule has 1 rings (SSSR count). The lowest BCUT2D eigenvalue weighted by Crippen LogP contribution is -2.29. The van der Waals surface area contributed by atoms with Crippen molar-refractivity contribution >= 4 is 0 Å². The maximum absolute atomic E-state index is 4.42. The van der Waals surface area contributed by atoms with Gasteiger partial charge in [-0.3, -0.25) is 0 Å². The third-order valence-electron chi connectivity index (χ3n) is 4.13. The Hall–Kier alpha value is -0.900. The average molecular weight is 294 g/mol. The van der Waals surface area contributed by atoms with Crippen LogP contribution in [0, 0.1) is 0 Å². The van der Waals surface area contributed by atoms with E-state index in [4.69, 9.17) is 0 Å². The normalized spacial score (nSPS) is 13.0. The largest absolute Gasteiger partial charge is 0.317 e. The van der Waals surface area contributed by atoms with Crippen molar-refractivity contribution in [2.24, 2.45) is 0 Å². The predicted molar refractivity (Wildman–Crippen MR) is 89.6 cm³/mol. The lowest BCUT2D eigenvalue weighted by atomic mass is 10.0. The minimum absolute atomic E-state index is 0.388. The number of nitrogens with one attached hydrogen (secondary N) is 1. The third-order valence-corrected chi connectivity index (χ3v) is 4.13. The first-order valence-corrected chi connectivity index (χ1v) is 8.74. The molecule has 1 aromatic heterocycles. The molecule has 1 unspecified atom stereocenters. The van der Waals surface area contributed by atoms with Crippen LogP contribution in [0.5, 0.6) is 0 Å². The van der Waals surface area contributed by atoms with E-state index in [-0.39, 0.29) is 0 Å². The first-order chi connectivity index (χ1) is 10.2. The highest BCUT2D eigenvalue weighted by Gasteiger charge is 2.13. The van der Waals surface area contributed by atoms with Gasteiger partial charge in [-0.15, -0.1) is 0 Å². The van der Waals surface area contributed by atoms with Crippen LogP contribution < -0.4 is 5.32 Å². The van der Waals surface area contributed by atoms with Gasteiger partial charge in [0.15, 0.2) is 0 Å². The highest BCUT2D eigenvalue weighted by Crippen LogP contribution is 2.13. The Balaban J connectivity index is 2.24. The molecule has 21 heavy (non-hydrogen) atoms. The van der Waals surface area contributed by atoms with Gasteiger partial charge in [0, 0.05) is 18.5 Å². The lowest BCUT2D eigenvalue weighted by molar-refractivity contribution is 0.441. The third kappa shape index (κ3) is 7.07. The second-order valence-corrected chi connectivity index (χ2v) is 6.31. The van der Waals surface area contributed by atoms with E-state index in [9.17, 15) is 0 Å². The van der Waals surface area contributed by atoms with Gasteiger partial charge in [0.05, 0.1) is 0 Å². The molecule has 0 aliphatic rings. The van der Waals surface area contributed by atoms with Crippen molar-refractivity contribution in [1.29, 1.82) is 0 Å². The van der Waals surface area contributed by atoms with Crippen LogP contribution in [0.3, 0.4) is 0 Å². The van der Waals surface area contributed by atoms with E-state index in [0.29, 0.717) is 12.1 Å². The first-order valence-electron chi connectivity index (χ1n) is 8.74. The second-order valence-electron chi connectivity index (χ2n) is 6.31. The molecule has 1 aromatic rings. The molecule has 0 radical (unpaired) electrons. The van der Waals surface area contributed by atoms with E-state index in [1.54, 1.807) is 6.33 Å². The summed E-state index contributed by atoms with van der Waals surface area (Å²) in [5, 5.41) is 7.76. The monoisotopic (exact) mass is 294 g/mol. The fourth-order valence-electron chi connectivity index (χ4n) is 2.77. The molecule has 1 atom stereocenters. The fourth-order valence-corrected chi connectivity index (χ4v) is 2.77. The average Bonchev–Trinajstić information content (AvgIpc) is 2.93. The molecule has 0 aliphatic heterocycles. The summed E-state index contributed by atoms with van der Waals surface area (Å²) in [7, 11) is 2.06. The highest BCUT2D eigenvalue weighted by molar-refractivity contribution is 4.91. The molecule has 0 amide bonds. The van der Waals surface area contributed by atoms with Crippen LogP contribution in [0.1, 0.15) is 84.0 Å². The van der Waals surface area contributed by atoms with Gasteiger partial charge in [-0.2, -0.15) is 5.10 Å². The van der Waals surface area contributed by atoms with Crippen LogP contribution in [0.15, 0.2) is 6.33 Å². The summed E-state index contributed by atoms with van der Waals surface area (Å²) in [5.41, 5.74) is 0. The first kappa shape index (κ1) is 18.1. The molecular formula is C17H34N4. The van der Waals surface area contributed by atoms with Gasteiger partial charge in [0.2, 0.25) is 0 Å². The van der Waals surface area contributed by atoms with E-state index in [1.807, 2.05) is 4.68 Å². The summed E-state index contributed by atoms with van der Waals surface area (Å²) in [6.45, 7) is 6.58. The lowest BCUT2D eigenvalue weighted by Gasteiger charge is -2.17. The van der Waals surface area contributed by atoms with Crippen molar-refractivity contribution < 1.29 is 0 Å². The standard InChI is InChI=1S/C17H34N4/c1-5-6-7-8-9-10-11-12-16(18-4)13-17-19-14-20-21(17)15(2)3/h14-16,18H,5-13H2,1-4H3. The number of likely N-dealkylation sites (N-methyl/N-ethyl adjacent to an activating group) is 1. The molecule has 0 spiro atoms. The van der Waals surface area contributed by atoms with Gasteiger partial charge < -0.3 is 5.32 Å². The number of hydrogen-bond acceptors (Lipinski definition) is 3. The minimum atomic E-state index is 0.388. The summed E-state index contributed by atoms with van der Waals surface area (Å²) in [6.07, 6.45) is 13.5. The van der Waals surface area contributed by atoms with Crippen LogP contribution in [0.4, 0.5) is 0 Å². The van der Waals surface area contributed by atoms with Gasteiger partial charge in [-0.05, 0) is 27.3 Å². The van der Waals surface area contributed by atoms with E-state index in [1.165, 1.54) is 51.4 Å². The van der Waals surface area contributed by atoms with Crippen LogP contribution in [0.2, 0.25) is 0 Å². The van der Waals surface area contributed by atoms with Crippen LogP contribution in [0.25, 0.3) is 0 Å². The van der Waals surface area contributed by atoms with Crippen molar-refractivity contribution in [1.82, 2.24) is 20.1 Å². The fraction of sp³-hybridized carbons (Fsp3) is 0.882. The molecule has 0 saturated heterocycles. The van der Waals surface area contributed by atoms with Gasteiger partial charge in [-0.25, -0.2) is 9.67 Å². The highest BCUT2D eigenvalue weighted by atomic mass is 15.3. The number of hydrogen-bond donors (Lipinski definition) is 1. The van der Waals surface area contributed by atoms with E-state index in [0.717, 1.165) is 12.2 Å². The molecule has 0 saturated carbocycles. The van der Waals surface area contributed by atoms with Crippen molar-refractivity contribution in [3.05, 3.63) is 12.2 Å². The maximum Gasteiger partial charge on any atom is 0.138 e. The number of nitrogens with zero attached hydrogens (tertiary/aromatic N) is 3. The quantitative estimate of drug-likeness (QED) is 0.589. The van der Waals surface area contributed by atoms with Crippen molar-refractivity contribution in [3.8, 4) is 0 Å². The van der Waals surface area contributed by atoms with Crippen molar-refractivity contribution in [2.75, 3.05) is 7.05 Å². The van der Waals surface area contributed by atoms with Crippen molar-refractivity contribution in [3.63, 3.8) is 0 Å². The Morgan fingerprint density at radius 1 is 1.10 bits per heavy atom. The zero-order valence-electron chi connectivity index (χ0n) is 14.4. The van der Waals surface area contributed by atoms with E-state index in [2.05, 4.69) is 43.2 Å². The summed E-state index contributed by atoms with van der Waals surface area (Å²) >= 11 is 0. The van der Waals surface area contributed by atoms with Crippen LogP contribution >= 0.6 is 0 Å².